The van der Waals surface area contributed by atoms with E-state index in [0.717, 1.165) is 0 Å². The highest BCUT2D eigenvalue weighted by Crippen LogP contribution is 2.07. The molecule has 5 nitrogen and oxygen atoms in total. The number of rotatable bonds is 3. The van der Waals surface area contributed by atoms with Crippen molar-refractivity contribution in [3.05, 3.63) is 29.1 Å². The zero-order valence-electron chi connectivity index (χ0n) is 8.48. The van der Waals surface area contributed by atoms with Gasteiger partial charge in [0.1, 0.15) is 5.69 Å². The van der Waals surface area contributed by atoms with Crippen LogP contribution in [0.4, 0.5) is 0 Å². The molecule has 1 aromatic rings. The minimum Gasteiger partial charge on any atom is -0.481 e. The van der Waals surface area contributed by atoms with Gasteiger partial charge in [-0.25, -0.2) is 9.78 Å². The molecule has 0 unspecified atom stereocenters. The molecule has 1 rings (SSSR count). The van der Waals surface area contributed by atoms with Crippen molar-refractivity contribution in [2.24, 2.45) is 0 Å². The Labute approximate surface area is 86.7 Å². The predicted molar refractivity (Wildman–Crippen MR) is 51.7 cm³/mol. The smallest absolute Gasteiger partial charge is 0.356 e. The van der Waals surface area contributed by atoms with Gasteiger partial charge in [-0.15, -0.1) is 0 Å². The lowest BCUT2D eigenvalue weighted by Crippen LogP contribution is -2.08. The molecule has 0 amide bonds. The molecule has 0 fully saturated rings. The summed E-state index contributed by atoms with van der Waals surface area (Å²) >= 11 is 0. The number of esters is 1. The maximum absolute atomic E-state index is 11.2. The SMILES string of the molecule is COC(=O)c1cc(CC(=O)O)cc(C)n1. The lowest BCUT2D eigenvalue weighted by molar-refractivity contribution is -0.136. The van der Waals surface area contributed by atoms with Crippen LogP contribution in [0, 0.1) is 6.92 Å². The van der Waals surface area contributed by atoms with E-state index < -0.39 is 11.9 Å². The number of ether oxygens (including phenoxy) is 1. The number of hydrogen-bond acceptors (Lipinski definition) is 4. The molecule has 0 aliphatic rings. The predicted octanol–water partition coefficient (Wildman–Crippen LogP) is 0.804. The normalized spacial score (nSPS) is 9.73. The fraction of sp³-hybridized carbons (Fsp3) is 0.300. The van der Waals surface area contributed by atoms with Gasteiger partial charge in [-0.2, -0.15) is 0 Å². The summed E-state index contributed by atoms with van der Waals surface area (Å²) in [7, 11) is 1.25. The van der Waals surface area contributed by atoms with E-state index in [1.54, 1.807) is 13.0 Å². The van der Waals surface area contributed by atoms with Crippen LogP contribution in [-0.2, 0) is 16.0 Å². The fourth-order valence-electron chi connectivity index (χ4n) is 1.23. The third kappa shape index (κ3) is 3.05. The van der Waals surface area contributed by atoms with Crippen molar-refractivity contribution in [3.63, 3.8) is 0 Å². The van der Waals surface area contributed by atoms with E-state index in [1.165, 1.54) is 13.2 Å². The van der Waals surface area contributed by atoms with Crippen LogP contribution in [0.5, 0.6) is 0 Å². The van der Waals surface area contributed by atoms with Gasteiger partial charge in [0.2, 0.25) is 0 Å². The maximum Gasteiger partial charge on any atom is 0.356 e. The molecule has 0 atom stereocenters. The second kappa shape index (κ2) is 4.54. The van der Waals surface area contributed by atoms with Crippen molar-refractivity contribution < 1.29 is 19.4 Å². The number of methoxy groups -OCH3 is 1. The van der Waals surface area contributed by atoms with Crippen molar-refractivity contribution >= 4 is 11.9 Å². The monoisotopic (exact) mass is 209 g/mol. The summed E-state index contributed by atoms with van der Waals surface area (Å²) in [6.45, 7) is 1.69. The summed E-state index contributed by atoms with van der Waals surface area (Å²) in [5.74, 6) is -1.51. The minimum atomic E-state index is -0.948. The Hall–Kier alpha value is -1.91. The summed E-state index contributed by atoms with van der Waals surface area (Å²) in [5.41, 5.74) is 1.26. The number of carbonyl (C=O) groups is 2. The van der Waals surface area contributed by atoms with E-state index >= 15 is 0 Å². The number of carbonyl (C=O) groups excluding carboxylic acids is 1. The Morgan fingerprint density at radius 1 is 1.47 bits per heavy atom. The number of nitrogens with zero attached hydrogens (tertiary/aromatic N) is 1. The number of carboxylic acid groups (broad SMARTS) is 1. The summed E-state index contributed by atoms with van der Waals surface area (Å²) in [6.07, 6.45) is -0.132. The summed E-state index contributed by atoms with van der Waals surface area (Å²) in [6, 6.07) is 3.05. The van der Waals surface area contributed by atoms with E-state index in [9.17, 15) is 9.59 Å². The number of aromatic nitrogens is 1. The van der Waals surface area contributed by atoms with Crippen molar-refractivity contribution in [2.45, 2.75) is 13.3 Å². The first-order chi connectivity index (χ1) is 7.02. The van der Waals surface area contributed by atoms with Crippen LogP contribution in [0.15, 0.2) is 12.1 Å². The number of pyridine rings is 1. The zero-order valence-corrected chi connectivity index (χ0v) is 8.48. The minimum absolute atomic E-state index is 0.132. The topological polar surface area (TPSA) is 76.5 Å². The van der Waals surface area contributed by atoms with Gasteiger partial charge >= 0.3 is 11.9 Å². The number of aliphatic carboxylic acids is 1. The molecule has 1 aromatic heterocycles. The highest BCUT2D eigenvalue weighted by atomic mass is 16.5. The maximum atomic E-state index is 11.2. The Morgan fingerprint density at radius 2 is 2.13 bits per heavy atom. The van der Waals surface area contributed by atoms with Crippen LogP contribution >= 0.6 is 0 Å². The van der Waals surface area contributed by atoms with Gasteiger partial charge < -0.3 is 9.84 Å². The van der Waals surface area contributed by atoms with Crippen molar-refractivity contribution in [1.82, 2.24) is 4.98 Å². The van der Waals surface area contributed by atoms with Gasteiger partial charge in [0, 0.05) is 5.69 Å². The number of hydrogen-bond donors (Lipinski definition) is 1. The van der Waals surface area contributed by atoms with E-state index in [-0.39, 0.29) is 12.1 Å². The van der Waals surface area contributed by atoms with Crippen LogP contribution in [0.25, 0.3) is 0 Å². The molecule has 1 heterocycles. The Morgan fingerprint density at radius 3 is 2.67 bits per heavy atom. The average molecular weight is 209 g/mol. The molecule has 0 radical (unpaired) electrons. The standard InChI is InChI=1S/C10H11NO4/c1-6-3-7(5-9(12)13)4-8(11-6)10(14)15-2/h3-4H,5H2,1-2H3,(H,12,13). The quantitative estimate of drug-likeness (QED) is 0.745. The van der Waals surface area contributed by atoms with Crippen molar-refractivity contribution in [3.8, 4) is 0 Å². The third-order valence-corrected chi connectivity index (χ3v) is 1.76. The van der Waals surface area contributed by atoms with Crippen LogP contribution in [0.1, 0.15) is 21.7 Å². The molecular weight excluding hydrogens is 198 g/mol. The van der Waals surface area contributed by atoms with Gasteiger partial charge in [-0.3, -0.25) is 4.79 Å². The second-order valence-electron chi connectivity index (χ2n) is 3.06. The molecule has 80 valence electrons. The molecule has 5 heteroatoms. The first-order valence-electron chi connectivity index (χ1n) is 4.30. The fourth-order valence-corrected chi connectivity index (χ4v) is 1.23. The highest BCUT2D eigenvalue weighted by Gasteiger charge is 2.10. The molecule has 0 spiro atoms. The Balaban J connectivity index is 3.04. The molecule has 15 heavy (non-hydrogen) atoms. The van der Waals surface area contributed by atoms with Crippen LogP contribution < -0.4 is 0 Å². The van der Waals surface area contributed by atoms with Gasteiger partial charge in [-0.05, 0) is 24.6 Å². The first kappa shape index (κ1) is 11.2. The molecule has 0 aliphatic carbocycles. The molecule has 0 saturated heterocycles. The number of carboxylic acids is 1. The van der Waals surface area contributed by atoms with Crippen molar-refractivity contribution in [2.75, 3.05) is 7.11 Å². The average Bonchev–Trinajstić information content (AvgIpc) is 2.14. The van der Waals surface area contributed by atoms with E-state index in [1.807, 2.05) is 0 Å². The lowest BCUT2D eigenvalue weighted by atomic mass is 10.1. The summed E-state index contributed by atoms with van der Waals surface area (Å²) < 4.78 is 4.50. The van der Waals surface area contributed by atoms with Gasteiger partial charge in [0.05, 0.1) is 13.5 Å². The summed E-state index contributed by atoms with van der Waals surface area (Å²) in [4.78, 5) is 25.6. The molecule has 0 aromatic carbocycles. The highest BCUT2D eigenvalue weighted by molar-refractivity contribution is 5.87. The van der Waals surface area contributed by atoms with Gasteiger partial charge in [-0.1, -0.05) is 0 Å². The first-order valence-corrected chi connectivity index (χ1v) is 4.30. The number of aryl methyl sites for hydroxylation is 1. The summed E-state index contributed by atoms with van der Waals surface area (Å²) in [5, 5.41) is 8.61. The molecule has 0 bridgehead atoms. The lowest BCUT2D eigenvalue weighted by Gasteiger charge is -2.03. The van der Waals surface area contributed by atoms with E-state index in [2.05, 4.69) is 9.72 Å². The molecule has 1 N–H and O–H groups in total. The van der Waals surface area contributed by atoms with Crippen molar-refractivity contribution in [1.29, 1.82) is 0 Å². The molecule has 0 aliphatic heterocycles. The van der Waals surface area contributed by atoms with E-state index in [0.29, 0.717) is 11.3 Å². The van der Waals surface area contributed by atoms with Crippen LogP contribution in [0.2, 0.25) is 0 Å². The third-order valence-electron chi connectivity index (χ3n) is 1.76. The molecular formula is C10H11NO4. The zero-order chi connectivity index (χ0) is 11.4. The largest absolute Gasteiger partial charge is 0.481 e. The van der Waals surface area contributed by atoms with Crippen LogP contribution in [0.3, 0.4) is 0 Å². The Kier molecular flexibility index (Phi) is 3.38. The molecule has 0 saturated carbocycles. The van der Waals surface area contributed by atoms with E-state index in [4.69, 9.17) is 5.11 Å². The second-order valence-corrected chi connectivity index (χ2v) is 3.06. The van der Waals surface area contributed by atoms with Gasteiger partial charge in [0.25, 0.3) is 0 Å². The van der Waals surface area contributed by atoms with Gasteiger partial charge in [0.15, 0.2) is 0 Å². The Bertz CT molecular complexity index is 400. The van der Waals surface area contributed by atoms with Crippen LogP contribution in [-0.4, -0.2) is 29.1 Å².